The summed E-state index contributed by atoms with van der Waals surface area (Å²) in [5, 5.41) is 7.67. The topological polar surface area (TPSA) is 61.4 Å². The second-order valence-corrected chi connectivity index (χ2v) is 10.8. The Bertz CT molecular complexity index is 988. The van der Waals surface area contributed by atoms with Gasteiger partial charge in [0.25, 0.3) is 0 Å². The molecule has 5 nitrogen and oxygen atoms in total. The van der Waals surface area contributed by atoms with Crippen LogP contribution in [0.5, 0.6) is 0 Å². The summed E-state index contributed by atoms with van der Waals surface area (Å²) in [5.41, 5.74) is 2.70. The molecule has 1 fully saturated rings. The number of anilines is 2. The third-order valence-corrected chi connectivity index (χ3v) is 8.21. The zero-order valence-electron chi connectivity index (χ0n) is 16.9. The molecule has 2 aromatic carbocycles. The van der Waals surface area contributed by atoms with Crippen molar-refractivity contribution in [3.05, 3.63) is 53.1 Å². The zero-order valence-corrected chi connectivity index (χ0v) is 18.5. The van der Waals surface area contributed by atoms with E-state index in [4.69, 9.17) is 11.6 Å². The van der Waals surface area contributed by atoms with Crippen LogP contribution in [0.3, 0.4) is 0 Å². The monoisotopic (exact) mass is 433 g/mol. The van der Waals surface area contributed by atoms with E-state index in [2.05, 4.69) is 17.6 Å². The normalized spacial score (nSPS) is 22.2. The maximum Gasteiger partial charge on any atom is 0.243 e. The lowest BCUT2D eigenvalue weighted by molar-refractivity contribution is 0.286. The second kappa shape index (κ2) is 7.82. The number of sulfonamides is 1. The number of fused-ring (bicyclic) bond motifs is 1. The van der Waals surface area contributed by atoms with Crippen LogP contribution < -0.4 is 10.6 Å². The molecule has 29 heavy (non-hydrogen) atoms. The standard InChI is InChI=1S/C22H28ClN3O2S/c1-22(24-20-13-10-17(23)14-21(20)25-22)15-16-8-11-19(12-9-16)29(27,28)26(2)18-6-4-3-5-7-18/h8-14,18,24-25H,3-7,15H2,1-2H3. The Labute approximate surface area is 178 Å². The van der Waals surface area contributed by atoms with Gasteiger partial charge in [0, 0.05) is 24.5 Å². The summed E-state index contributed by atoms with van der Waals surface area (Å²) in [4.78, 5) is 0.363. The summed E-state index contributed by atoms with van der Waals surface area (Å²) in [6.07, 6.45) is 6.03. The van der Waals surface area contributed by atoms with Crippen LogP contribution in [0.4, 0.5) is 11.4 Å². The molecule has 1 aliphatic carbocycles. The quantitative estimate of drug-likeness (QED) is 0.689. The Balaban J connectivity index is 1.47. The Morgan fingerprint density at radius 1 is 1.03 bits per heavy atom. The molecule has 0 spiro atoms. The van der Waals surface area contributed by atoms with E-state index in [1.54, 1.807) is 23.5 Å². The van der Waals surface area contributed by atoms with Crippen LogP contribution in [-0.2, 0) is 16.4 Å². The predicted octanol–water partition coefficient (Wildman–Crippen LogP) is 5.09. The molecule has 0 bridgehead atoms. The van der Waals surface area contributed by atoms with Gasteiger partial charge < -0.3 is 10.6 Å². The lowest BCUT2D eigenvalue weighted by atomic mass is 9.96. The molecule has 1 saturated carbocycles. The van der Waals surface area contributed by atoms with Crippen molar-refractivity contribution in [2.75, 3.05) is 17.7 Å². The van der Waals surface area contributed by atoms with Gasteiger partial charge in [-0.3, -0.25) is 0 Å². The number of benzene rings is 2. The van der Waals surface area contributed by atoms with Gasteiger partial charge in [0.15, 0.2) is 0 Å². The molecule has 0 saturated heterocycles. The molecule has 2 N–H and O–H groups in total. The van der Waals surface area contributed by atoms with Crippen molar-refractivity contribution in [3.63, 3.8) is 0 Å². The number of nitrogens with one attached hydrogen (secondary N) is 2. The van der Waals surface area contributed by atoms with Crippen LogP contribution in [0, 0.1) is 0 Å². The SMILES string of the molecule is CN(C1CCCCC1)S(=O)(=O)c1ccc(CC2(C)Nc3ccc(Cl)cc3N2)cc1. The molecule has 2 aliphatic rings. The highest BCUT2D eigenvalue weighted by atomic mass is 35.5. The lowest BCUT2D eigenvalue weighted by Gasteiger charge is -2.30. The second-order valence-electron chi connectivity index (χ2n) is 8.41. The summed E-state index contributed by atoms with van der Waals surface area (Å²) >= 11 is 6.09. The molecule has 1 heterocycles. The third kappa shape index (κ3) is 4.25. The minimum absolute atomic E-state index is 0.115. The summed E-state index contributed by atoms with van der Waals surface area (Å²) in [6.45, 7) is 2.09. The largest absolute Gasteiger partial charge is 0.361 e. The first-order valence-electron chi connectivity index (χ1n) is 10.2. The Hall–Kier alpha value is -1.76. The number of hydrogen-bond donors (Lipinski definition) is 2. The first-order valence-corrected chi connectivity index (χ1v) is 12.0. The van der Waals surface area contributed by atoms with Crippen molar-refractivity contribution in [1.29, 1.82) is 0 Å². The molecular weight excluding hydrogens is 406 g/mol. The molecule has 4 rings (SSSR count). The van der Waals surface area contributed by atoms with Gasteiger partial charge >= 0.3 is 0 Å². The van der Waals surface area contributed by atoms with E-state index in [9.17, 15) is 8.42 Å². The molecule has 0 amide bonds. The molecule has 1 atom stereocenters. The average molecular weight is 434 g/mol. The van der Waals surface area contributed by atoms with Crippen molar-refractivity contribution < 1.29 is 8.42 Å². The average Bonchev–Trinajstić information content (AvgIpc) is 3.03. The summed E-state index contributed by atoms with van der Waals surface area (Å²) in [6, 6.07) is 13.1. The van der Waals surface area contributed by atoms with Gasteiger partial charge in [-0.2, -0.15) is 4.31 Å². The Kier molecular flexibility index (Phi) is 5.53. The predicted molar refractivity (Wildman–Crippen MR) is 119 cm³/mol. The van der Waals surface area contributed by atoms with E-state index in [1.165, 1.54) is 6.42 Å². The van der Waals surface area contributed by atoms with E-state index >= 15 is 0 Å². The maximum atomic E-state index is 13.0. The van der Waals surface area contributed by atoms with Gasteiger partial charge in [-0.1, -0.05) is 43.0 Å². The van der Waals surface area contributed by atoms with E-state index in [-0.39, 0.29) is 11.7 Å². The fourth-order valence-corrected chi connectivity index (χ4v) is 6.03. The highest BCUT2D eigenvalue weighted by Crippen LogP contribution is 2.37. The van der Waals surface area contributed by atoms with E-state index in [0.717, 1.165) is 42.6 Å². The van der Waals surface area contributed by atoms with Gasteiger partial charge in [0.1, 0.15) is 5.66 Å². The van der Waals surface area contributed by atoms with Crippen molar-refractivity contribution in [3.8, 4) is 0 Å². The molecule has 156 valence electrons. The molecule has 1 unspecified atom stereocenters. The highest BCUT2D eigenvalue weighted by molar-refractivity contribution is 7.89. The molecule has 2 aromatic rings. The van der Waals surface area contributed by atoms with Gasteiger partial charge in [0.2, 0.25) is 10.0 Å². The van der Waals surface area contributed by atoms with Crippen molar-refractivity contribution in [1.82, 2.24) is 4.31 Å². The lowest BCUT2D eigenvalue weighted by Crippen LogP contribution is -2.40. The number of rotatable bonds is 5. The van der Waals surface area contributed by atoms with Crippen LogP contribution >= 0.6 is 11.6 Å². The van der Waals surface area contributed by atoms with Crippen molar-refractivity contribution >= 4 is 33.0 Å². The van der Waals surface area contributed by atoms with Crippen molar-refractivity contribution in [2.24, 2.45) is 0 Å². The van der Waals surface area contributed by atoms with E-state index < -0.39 is 10.0 Å². The Morgan fingerprint density at radius 2 is 1.69 bits per heavy atom. The first-order chi connectivity index (χ1) is 13.8. The summed E-state index contributed by atoms with van der Waals surface area (Å²) in [5.74, 6) is 0. The highest BCUT2D eigenvalue weighted by Gasteiger charge is 2.32. The van der Waals surface area contributed by atoms with Crippen LogP contribution in [0.15, 0.2) is 47.4 Å². The zero-order chi connectivity index (χ0) is 20.6. The molecule has 0 aromatic heterocycles. The van der Waals surface area contributed by atoms with Crippen LogP contribution in [0.25, 0.3) is 0 Å². The van der Waals surface area contributed by atoms with Crippen LogP contribution in [0.1, 0.15) is 44.6 Å². The van der Waals surface area contributed by atoms with E-state index in [0.29, 0.717) is 16.3 Å². The minimum atomic E-state index is -3.46. The van der Waals surface area contributed by atoms with Crippen LogP contribution in [0.2, 0.25) is 5.02 Å². The van der Waals surface area contributed by atoms with Gasteiger partial charge in [-0.25, -0.2) is 8.42 Å². The Morgan fingerprint density at radius 3 is 2.38 bits per heavy atom. The molecule has 0 radical (unpaired) electrons. The number of nitrogens with zero attached hydrogens (tertiary/aromatic N) is 1. The number of halogens is 1. The summed E-state index contributed by atoms with van der Waals surface area (Å²) < 4.78 is 27.6. The van der Waals surface area contributed by atoms with Crippen molar-refractivity contribution in [2.45, 2.75) is 62.0 Å². The smallest absolute Gasteiger partial charge is 0.243 e. The van der Waals surface area contributed by atoms with E-state index in [1.807, 2.05) is 30.3 Å². The van der Waals surface area contributed by atoms with Crippen LogP contribution in [-0.4, -0.2) is 31.5 Å². The fraction of sp³-hybridized carbons (Fsp3) is 0.455. The minimum Gasteiger partial charge on any atom is -0.361 e. The maximum absolute atomic E-state index is 13.0. The molecular formula is C22H28ClN3O2S. The summed E-state index contributed by atoms with van der Waals surface area (Å²) in [7, 11) is -1.74. The third-order valence-electron chi connectivity index (χ3n) is 6.05. The number of hydrogen-bond acceptors (Lipinski definition) is 4. The first kappa shape index (κ1) is 20.5. The molecule has 7 heteroatoms. The van der Waals surface area contributed by atoms with Gasteiger partial charge in [0.05, 0.1) is 16.3 Å². The van der Waals surface area contributed by atoms with Gasteiger partial charge in [-0.05, 0) is 55.7 Å². The van der Waals surface area contributed by atoms with Gasteiger partial charge in [-0.15, -0.1) is 0 Å². The fourth-order valence-electron chi connectivity index (χ4n) is 4.44. The molecule has 1 aliphatic heterocycles.